The van der Waals surface area contributed by atoms with Crippen LogP contribution in [0.4, 0.5) is 5.82 Å². The first-order chi connectivity index (χ1) is 14.7. The van der Waals surface area contributed by atoms with E-state index in [0.29, 0.717) is 5.82 Å². The lowest BCUT2D eigenvalue weighted by Gasteiger charge is -2.30. The van der Waals surface area contributed by atoms with Crippen LogP contribution >= 0.6 is 11.3 Å². The van der Waals surface area contributed by atoms with Crippen LogP contribution in [0.1, 0.15) is 24.6 Å². The van der Waals surface area contributed by atoms with E-state index in [1.807, 2.05) is 22.7 Å². The van der Waals surface area contributed by atoms with Crippen molar-refractivity contribution >= 4 is 33.6 Å². The largest absolute Gasteiger partial charge is 0.393 e. The molecule has 1 fully saturated rings. The summed E-state index contributed by atoms with van der Waals surface area (Å²) in [6.07, 6.45) is 5.00. The standard InChI is InChI=1S/C23H19N5OS/c24-22-20-11-25-23(15-8-16(29)9-15)28(20)12-19(27-22)14-4-3-13-5-6-17(26-18(13)10-14)21-2-1-7-30-21/h1-7,10-12,15-16,29H,8-9H2,(H2,24,27). The summed E-state index contributed by atoms with van der Waals surface area (Å²) in [6.45, 7) is 0. The third-order valence-corrected chi connectivity index (χ3v) is 6.71. The molecule has 0 unspecified atom stereocenters. The van der Waals surface area contributed by atoms with Crippen molar-refractivity contribution in [3.8, 4) is 21.8 Å². The van der Waals surface area contributed by atoms with E-state index in [0.717, 1.165) is 56.9 Å². The van der Waals surface area contributed by atoms with Gasteiger partial charge in [0, 0.05) is 23.1 Å². The van der Waals surface area contributed by atoms with Crippen LogP contribution in [0.15, 0.2) is 60.2 Å². The van der Waals surface area contributed by atoms with Crippen molar-refractivity contribution in [3.63, 3.8) is 0 Å². The molecule has 1 aliphatic carbocycles. The van der Waals surface area contributed by atoms with E-state index in [1.54, 1.807) is 17.5 Å². The van der Waals surface area contributed by atoms with E-state index >= 15 is 0 Å². The van der Waals surface area contributed by atoms with Gasteiger partial charge in [-0.1, -0.05) is 24.3 Å². The number of aliphatic hydroxyl groups excluding tert-OH is 1. The molecule has 0 atom stereocenters. The van der Waals surface area contributed by atoms with Crippen LogP contribution in [-0.2, 0) is 0 Å². The van der Waals surface area contributed by atoms with E-state index in [4.69, 9.17) is 10.7 Å². The van der Waals surface area contributed by atoms with Crippen molar-refractivity contribution in [2.45, 2.75) is 24.9 Å². The van der Waals surface area contributed by atoms with Crippen LogP contribution in [-0.4, -0.2) is 30.6 Å². The van der Waals surface area contributed by atoms with E-state index in [2.05, 4.69) is 45.7 Å². The number of hydrogen-bond acceptors (Lipinski definition) is 6. The molecule has 4 heterocycles. The molecule has 1 aromatic carbocycles. The van der Waals surface area contributed by atoms with Gasteiger partial charge in [-0.3, -0.25) is 4.40 Å². The second kappa shape index (κ2) is 6.62. The molecule has 0 aliphatic heterocycles. The predicted octanol–water partition coefficient (Wildman–Crippen LogP) is 4.49. The molecule has 0 radical (unpaired) electrons. The molecule has 1 saturated carbocycles. The minimum atomic E-state index is -0.231. The van der Waals surface area contributed by atoms with Crippen molar-refractivity contribution in [1.82, 2.24) is 19.4 Å². The number of fused-ring (bicyclic) bond motifs is 2. The first-order valence-electron chi connectivity index (χ1n) is 9.92. The second-order valence-electron chi connectivity index (χ2n) is 7.79. The molecule has 0 spiro atoms. The van der Waals surface area contributed by atoms with Gasteiger partial charge in [0.2, 0.25) is 0 Å². The molecule has 0 amide bonds. The Labute approximate surface area is 176 Å². The Bertz CT molecular complexity index is 1390. The quantitative estimate of drug-likeness (QED) is 0.455. The smallest absolute Gasteiger partial charge is 0.150 e. The fourth-order valence-electron chi connectivity index (χ4n) is 4.12. The Morgan fingerprint density at radius 1 is 1.07 bits per heavy atom. The van der Waals surface area contributed by atoms with Crippen molar-refractivity contribution in [2.24, 2.45) is 0 Å². The Morgan fingerprint density at radius 2 is 1.93 bits per heavy atom. The van der Waals surface area contributed by atoms with Gasteiger partial charge in [-0.25, -0.2) is 15.0 Å². The Morgan fingerprint density at radius 3 is 2.73 bits per heavy atom. The zero-order valence-corrected chi connectivity index (χ0v) is 16.9. The average molecular weight is 414 g/mol. The van der Waals surface area contributed by atoms with Gasteiger partial charge in [0.05, 0.1) is 34.1 Å². The molecule has 7 heteroatoms. The number of nitrogen functional groups attached to an aromatic ring is 1. The number of benzene rings is 1. The summed E-state index contributed by atoms with van der Waals surface area (Å²) in [7, 11) is 0. The number of anilines is 1. The first-order valence-corrected chi connectivity index (χ1v) is 10.8. The number of imidazole rings is 1. The van der Waals surface area contributed by atoms with Gasteiger partial charge in [-0.15, -0.1) is 11.3 Å². The maximum Gasteiger partial charge on any atom is 0.150 e. The van der Waals surface area contributed by atoms with E-state index in [1.165, 1.54) is 0 Å². The predicted molar refractivity (Wildman–Crippen MR) is 119 cm³/mol. The summed E-state index contributed by atoms with van der Waals surface area (Å²) in [4.78, 5) is 15.2. The van der Waals surface area contributed by atoms with Crippen molar-refractivity contribution < 1.29 is 5.11 Å². The number of hydrogen-bond donors (Lipinski definition) is 2. The lowest BCUT2D eigenvalue weighted by atomic mass is 9.82. The van der Waals surface area contributed by atoms with Gasteiger partial charge in [-0.05, 0) is 36.4 Å². The fraction of sp³-hybridized carbons (Fsp3) is 0.174. The third-order valence-electron chi connectivity index (χ3n) is 5.82. The summed E-state index contributed by atoms with van der Waals surface area (Å²) < 4.78 is 2.02. The van der Waals surface area contributed by atoms with Crippen LogP contribution in [0.3, 0.4) is 0 Å². The SMILES string of the molecule is Nc1nc(-c2ccc3ccc(-c4cccs4)nc3c2)cn2c(C3CC(O)C3)ncc12. The minimum Gasteiger partial charge on any atom is -0.393 e. The molecule has 30 heavy (non-hydrogen) atoms. The topological polar surface area (TPSA) is 89.3 Å². The van der Waals surface area contributed by atoms with Crippen LogP contribution in [0, 0.1) is 0 Å². The molecule has 0 bridgehead atoms. The van der Waals surface area contributed by atoms with Crippen molar-refractivity contribution in [3.05, 3.63) is 66.1 Å². The molecular formula is C23H19N5OS. The first kappa shape index (κ1) is 17.6. The monoisotopic (exact) mass is 413 g/mol. The number of thiophene rings is 1. The van der Waals surface area contributed by atoms with Gasteiger partial charge < -0.3 is 10.8 Å². The lowest BCUT2D eigenvalue weighted by molar-refractivity contribution is 0.0715. The summed E-state index contributed by atoms with van der Waals surface area (Å²) in [5.41, 5.74) is 10.7. The van der Waals surface area contributed by atoms with Crippen LogP contribution in [0.5, 0.6) is 0 Å². The lowest BCUT2D eigenvalue weighted by Crippen LogP contribution is -2.28. The van der Waals surface area contributed by atoms with Crippen molar-refractivity contribution in [1.29, 1.82) is 0 Å². The van der Waals surface area contributed by atoms with E-state index in [9.17, 15) is 5.11 Å². The molecule has 1 aliphatic rings. The summed E-state index contributed by atoms with van der Waals surface area (Å²) >= 11 is 1.68. The van der Waals surface area contributed by atoms with Gasteiger partial charge in [0.15, 0.2) is 0 Å². The summed E-state index contributed by atoms with van der Waals surface area (Å²) in [6, 6.07) is 14.4. The molecule has 0 saturated heterocycles. The van der Waals surface area contributed by atoms with Gasteiger partial charge >= 0.3 is 0 Å². The highest BCUT2D eigenvalue weighted by Gasteiger charge is 2.32. The Balaban J connectivity index is 1.46. The normalized spacial score (nSPS) is 18.7. The van der Waals surface area contributed by atoms with Crippen molar-refractivity contribution in [2.75, 3.05) is 5.73 Å². The van der Waals surface area contributed by atoms with Crippen LogP contribution in [0.2, 0.25) is 0 Å². The number of nitrogens with zero attached hydrogens (tertiary/aromatic N) is 4. The maximum atomic E-state index is 9.69. The molecule has 4 aromatic heterocycles. The minimum absolute atomic E-state index is 0.231. The van der Waals surface area contributed by atoms with Crippen LogP contribution in [0.25, 0.3) is 38.2 Å². The number of rotatable bonds is 3. The average Bonchev–Trinajstić information content (AvgIpc) is 3.41. The molecular weight excluding hydrogens is 394 g/mol. The molecule has 3 N–H and O–H groups in total. The number of pyridine rings is 1. The zero-order valence-electron chi connectivity index (χ0n) is 16.1. The third kappa shape index (κ3) is 2.78. The van der Waals surface area contributed by atoms with E-state index in [-0.39, 0.29) is 12.0 Å². The number of nitrogens with two attached hydrogens (primary N) is 1. The molecule has 6 rings (SSSR count). The Kier molecular flexibility index (Phi) is 3.87. The number of aromatic nitrogens is 4. The van der Waals surface area contributed by atoms with E-state index < -0.39 is 0 Å². The number of aliphatic hydroxyl groups is 1. The highest BCUT2D eigenvalue weighted by molar-refractivity contribution is 7.13. The molecule has 148 valence electrons. The fourth-order valence-corrected chi connectivity index (χ4v) is 4.81. The molecule has 5 aromatic rings. The van der Waals surface area contributed by atoms with Gasteiger partial charge in [0.25, 0.3) is 0 Å². The van der Waals surface area contributed by atoms with Gasteiger partial charge in [0.1, 0.15) is 17.2 Å². The van der Waals surface area contributed by atoms with Gasteiger partial charge in [-0.2, -0.15) is 0 Å². The summed E-state index contributed by atoms with van der Waals surface area (Å²) in [5, 5.41) is 12.8. The molecule has 6 nitrogen and oxygen atoms in total. The highest BCUT2D eigenvalue weighted by Crippen LogP contribution is 2.37. The second-order valence-corrected chi connectivity index (χ2v) is 8.73. The zero-order chi connectivity index (χ0) is 20.2. The van der Waals surface area contributed by atoms with Crippen LogP contribution < -0.4 is 5.73 Å². The maximum absolute atomic E-state index is 9.69. The summed E-state index contributed by atoms with van der Waals surface area (Å²) in [5.74, 6) is 1.64. The Hall–Kier alpha value is -3.29. The highest BCUT2D eigenvalue weighted by atomic mass is 32.1.